The Kier molecular flexibility index (Phi) is 6.15. The number of carbonyl (C=O) groups excluding carboxylic acids is 1. The number of anilines is 1. The van der Waals surface area contributed by atoms with Gasteiger partial charge in [-0.15, -0.1) is 5.10 Å². The molecule has 2 aromatic carbocycles. The summed E-state index contributed by atoms with van der Waals surface area (Å²) >= 11 is 0. The highest BCUT2D eigenvalue weighted by molar-refractivity contribution is 5.92. The predicted molar refractivity (Wildman–Crippen MR) is 126 cm³/mol. The summed E-state index contributed by atoms with van der Waals surface area (Å²) in [7, 11) is 1.51. The van der Waals surface area contributed by atoms with Crippen molar-refractivity contribution in [3.05, 3.63) is 75.8 Å². The van der Waals surface area contributed by atoms with Gasteiger partial charge in [0.25, 0.3) is 5.91 Å². The average molecular weight is 460 g/mol. The minimum Gasteiger partial charge on any atom is -0.493 e. The molecule has 1 aromatic heterocycles. The number of benzene rings is 2. The van der Waals surface area contributed by atoms with Crippen molar-refractivity contribution in [1.82, 2.24) is 10.2 Å². The molecule has 9 heteroatoms. The van der Waals surface area contributed by atoms with Crippen molar-refractivity contribution in [2.75, 3.05) is 19.0 Å². The number of methoxy groups -OCH3 is 1. The molecular formula is C25H25N5O4. The molecule has 4 N–H and O–H groups in total. The topological polar surface area (TPSA) is 135 Å². The number of nitrogens with one attached hydrogen (secondary N) is 2. The Labute approximate surface area is 197 Å². The normalized spacial score (nSPS) is 14.6. The molecule has 0 saturated carbocycles. The molecule has 0 bridgehead atoms. The summed E-state index contributed by atoms with van der Waals surface area (Å²) in [5, 5.41) is 19.6. The highest BCUT2D eigenvalue weighted by atomic mass is 16.5. The standard InChI is InChI=1S/C25H25N5O4/c1-13-7-14(2)9-17(8-13)28-21(31)12-33-19-6-5-16(10-20(19)32-4)23-18(11-26)24(27)34-25-22(23)15(3)29-30-25/h5-10,23H,12,27H2,1-4H3,(H,28,31)(H,29,30). The summed E-state index contributed by atoms with van der Waals surface area (Å²) in [5.41, 5.74) is 11.3. The van der Waals surface area contributed by atoms with E-state index in [1.807, 2.05) is 39.0 Å². The number of nitrogens with zero attached hydrogens (tertiary/aromatic N) is 2. The van der Waals surface area contributed by atoms with Gasteiger partial charge in [-0.1, -0.05) is 12.1 Å². The lowest BCUT2D eigenvalue weighted by molar-refractivity contribution is -0.118. The summed E-state index contributed by atoms with van der Waals surface area (Å²) in [6.07, 6.45) is 0. The Balaban J connectivity index is 1.56. The number of fused-ring (bicyclic) bond motifs is 1. The Morgan fingerprint density at radius 1 is 1.21 bits per heavy atom. The molecule has 34 heavy (non-hydrogen) atoms. The third-order valence-electron chi connectivity index (χ3n) is 5.51. The zero-order chi connectivity index (χ0) is 24.4. The Morgan fingerprint density at radius 3 is 2.62 bits per heavy atom. The van der Waals surface area contributed by atoms with Crippen molar-refractivity contribution in [3.8, 4) is 23.4 Å². The van der Waals surface area contributed by atoms with Crippen molar-refractivity contribution in [2.24, 2.45) is 5.73 Å². The van der Waals surface area contributed by atoms with Gasteiger partial charge in [-0.2, -0.15) is 5.26 Å². The fourth-order valence-corrected chi connectivity index (χ4v) is 4.10. The van der Waals surface area contributed by atoms with E-state index in [1.54, 1.807) is 18.2 Å². The number of aromatic nitrogens is 2. The Morgan fingerprint density at radius 2 is 1.94 bits per heavy atom. The first-order valence-electron chi connectivity index (χ1n) is 10.6. The van der Waals surface area contributed by atoms with Gasteiger partial charge >= 0.3 is 0 Å². The maximum absolute atomic E-state index is 12.4. The molecule has 1 aliphatic heterocycles. The van der Waals surface area contributed by atoms with Gasteiger partial charge in [0, 0.05) is 16.9 Å². The quantitative estimate of drug-likeness (QED) is 0.513. The van der Waals surface area contributed by atoms with Crippen LogP contribution in [0, 0.1) is 32.1 Å². The molecule has 0 saturated heterocycles. The fourth-order valence-electron chi connectivity index (χ4n) is 4.10. The molecule has 1 atom stereocenters. The lowest BCUT2D eigenvalue weighted by Crippen LogP contribution is -2.21. The summed E-state index contributed by atoms with van der Waals surface area (Å²) in [6.45, 7) is 5.60. The molecule has 1 amide bonds. The van der Waals surface area contributed by atoms with Gasteiger partial charge in [0.15, 0.2) is 18.1 Å². The predicted octanol–water partition coefficient (Wildman–Crippen LogP) is 3.58. The molecular weight excluding hydrogens is 434 g/mol. The first-order chi connectivity index (χ1) is 16.3. The van der Waals surface area contributed by atoms with Crippen LogP contribution in [0.3, 0.4) is 0 Å². The highest BCUT2D eigenvalue weighted by Crippen LogP contribution is 2.44. The molecule has 3 aromatic rings. The van der Waals surface area contributed by atoms with Crippen molar-refractivity contribution in [2.45, 2.75) is 26.7 Å². The molecule has 1 aliphatic rings. The van der Waals surface area contributed by atoms with Gasteiger partial charge in [0.1, 0.15) is 11.6 Å². The SMILES string of the molecule is COc1cc(C2C(C#N)=C(N)Oc3n[nH]c(C)c32)ccc1OCC(=O)Nc1cc(C)cc(C)c1. The van der Waals surface area contributed by atoms with E-state index in [0.29, 0.717) is 23.1 Å². The van der Waals surface area contributed by atoms with E-state index >= 15 is 0 Å². The number of nitriles is 1. The smallest absolute Gasteiger partial charge is 0.262 e. The van der Waals surface area contributed by atoms with E-state index < -0.39 is 5.92 Å². The number of aromatic amines is 1. The van der Waals surface area contributed by atoms with E-state index in [1.165, 1.54) is 7.11 Å². The second-order valence-corrected chi connectivity index (χ2v) is 8.12. The monoisotopic (exact) mass is 459 g/mol. The molecule has 1 unspecified atom stereocenters. The van der Waals surface area contributed by atoms with Crippen LogP contribution in [0.2, 0.25) is 0 Å². The molecule has 0 fully saturated rings. The molecule has 2 heterocycles. The number of allylic oxidation sites excluding steroid dienone is 1. The van der Waals surface area contributed by atoms with Gasteiger partial charge < -0.3 is 25.3 Å². The zero-order valence-electron chi connectivity index (χ0n) is 19.4. The van der Waals surface area contributed by atoms with Crippen LogP contribution in [-0.4, -0.2) is 29.8 Å². The van der Waals surface area contributed by atoms with E-state index in [0.717, 1.165) is 27.9 Å². The minimum absolute atomic E-state index is 0.00819. The fraction of sp³-hybridized carbons (Fsp3) is 0.240. The maximum Gasteiger partial charge on any atom is 0.262 e. The van der Waals surface area contributed by atoms with Crippen molar-refractivity contribution in [1.29, 1.82) is 5.26 Å². The first kappa shape index (κ1) is 22.7. The van der Waals surface area contributed by atoms with E-state index in [9.17, 15) is 10.1 Å². The number of ether oxygens (including phenoxy) is 3. The maximum atomic E-state index is 12.4. The second-order valence-electron chi connectivity index (χ2n) is 8.12. The zero-order valence-corrected chi connectivity index (χ0v) is 19.4. The van der Waals surface area contributed by atoms with Crippen molar-refractivity contribution < 1.29 is 19.0 Å². The summed E-state index contributed by atoms with van der Waals surface area (Å²) in [6, 6.07) is 13.2. The third-order valence-corrected chi connectivity index (χ3v) is 5.51. The molecule has 4 rings (SSSR count). The lowest BCUT2D eigenvalue weighted by Gasteiger charge is -2.24. The van der Waals surface area contributed by atoms with Gasteiger partial charge in [-0.05, 0) is 61.7 Å². The largest absolute Gasteiger partial charge is 0.493 e. The van der Waals surface area contributed by atoms with E-state index in [4.69, 9.17) is 19.9 Å². The van der Waals surface area contributed by atoms with Gasteiger partial charge in [0.05, 0.1) is 13.0 Å². The summed E-state index contributed by atoms with van der Waals surface area (Å²) in [5.74, 6) is 0.385. The lowest BCUT2D eigenvalue weighted by atomic mass is 9.84. The number of hydrogen-bond acceptors (Lipinski definition) is 7. The van der Waals surface area contributed by atoms with Crippen LogP contribution in [0.5, 0.6) is 17.4 Å². The number of rotatable bonds is 6. The summed E-state index contributed by atoms with van der Waals surface area (Å²) < 4.78 is 16.8. The molecule has 9 nitrogen and oxygen atoms in total. The van der Waals surface area contributed by atoms with Gasteiger partial charge in [0.2, 0.25) is 11.8 Å². The second kappa shape index (κ2) is 9.19. The van der Waals surface area contributed by atoms with Crippen molar-refractivity contribution >= 4 is 11.6 Å². The highest BCUT2D eigenvalue weighted by Gasteiger charge is 2.34. The van der Waals surface area contributed by atoms with Crippen LogP contribution in [0.25, 0.3) is 0 Å². The Hall–Kier alpha value is -4.45. The van der Waals surface area contributed by atoms with Crippen LogP contribution in [0.1, 0.15) is 33.9 Å². The third kappa shape index (κ3) is 4.38. The number of aryl methyl sites for hydroxylation is 3. The number of nitrogens with two attached hydrogens (primary N) is 1. The number of amides is 1. The number of H-pyrrole nitrogens is 1. The molecule has 174 valence electrons. The molecule has 0 spiro atoms. The van der Waals surface area contributed by atoms with Crippen LogP contribution in [-0.2, 0) is 4.79 Å². The number of carbonyl (C=O) groups is 1. The van der Waals surface area contributed by atoms with E-state index in [-0.39, 0.29) is 24.0 Å². The van der Waals surface area contributed by atoms with Crippen LogP contribution >= 0.6 is 0 Å². The minimum atomic E-state index is -0.483. The number of hydrogen-bond donors (Lipinski definition) is 3. The van der Waals surface area contributed by atoms with Crippen LogP contribution in [0.15, 0.2) is 47.9 Å². The van der Waals surface area contributed by atoms with Gasteiger partial charge in [-0.3, -0.25) is 9.89 Å². The van der Waals surface area contributed by atoms with Crippen LogP contribution < -0.4 is 25.3 Å². The Bertz CT molecular complexity index is 1320. The summed E-state index contributed by atoms with van der Waals surface area (Å²) in [4.78, 5) is 12.4. The molecule has 0 radical (unpaired) electrons. The van der Waals surface area contributed by atoms with Crippen LogP contribution in [0.4, 0.5) is 5.69 Å². The molecule has 0 aliphatic carbocycles. The van der Waals surface area contributed by atoms with Gasteiger partial charge in [-0.25, -0.2) is 0 Å². The first-order valence-corrected chi connectivity index (χ1v) is 10.6. The van der Waals surface area contributed by atoms with Crippen molar-refractivity contribution in [3.63, 3.8) is 0 Å². The average Bonchev–Trinajstić information content (AvgIpc) is 3.15. The van der Waals surface area contributed by atoms with E-state index in [2.05, 4.69) is 21.6 Å².